The fraction of sp³-hybridized carbons (Fsp3) is 0.400. The number of hydrogen-bond donors (Lipinski definition) is 1. The Morgan fingerprint density at radius 2 is 2.00 bits per heavy atom. The van der Waals surface area contributed by atoms with Crippen molar-refractivity contribution >= 4 is 17.5 Å². The van der Waals surface area contributed by atoms with Crippen LogP contribution in [-0.2, 0) is 0 Å². The summed E-state index contributed by atoms with van der Waals surface area (Å²) in [6.07, 6.45) is 3.95. The van der Waals surface area contributed by atoms with Crippen LogP contribution in [0.4, 0.5) is 17.5 Å². The standard InChI is InChI=1S/C15H21N5O/c1-4-5-10-20(2)14-11-16-19-15(18-14)17-12-6-8-13(21-3)9-7-12/h6-9,11H,4-5,10H2,1-3H3,(H,17,18,19). The first-order valence-electron chi connectivity index (χ1n) is 7.05. The van der Waals surface area contributed by atoms with Gasteiger partial charge in [-0.2, -0.15) is 10.1 Å². The van der Waals surface area contributed by atoms with Crippen molar-refractivity contribution in [2.75, 3.05) is 30.9 Å². The van der Waals surface area contributed by atoms with Gasteiger partial charge in [0.2, 0.25) is 5.95 Å². The van der Waals surface area contributed by atoms with Gasteiger partial charge in [0.05, 0.1) is 13.3 Å². The molecule has 1 N–H and O–H groups in total. The van der Waals surface area contributed by atoms with E-state index in [2.05, 4.69) is 32.3 Å². The SMILES string of the molecule is CCCCN(C)c1cnnc(Nc2ccc(OC)cc2)n1. The van der Waals surface area contributed by atoms with E-state index in [1.807, 2.05) is 31.3 Å². The number of anilines is 3. The molecule has 1 aromatic heterocycles. The molecule has 0 amide bonds. The molecule has 2 rings (SSSR count). The molecular formula is C15H21N5O. The number of unbranched alkanes of at least 4 members (excludes halogenated alkanes) is 1. The van der Waals surface area contributed by atoms with Crippen molar-refractivity contribution < 1.29 is 4.74 Å². The molecule has 0 bridgehead atoms. The van der Waals surface area contributed by atoms with E-state index in [1.165, 1.54) is 0 Å². The van der Waals surface area contributed by atoms with E-state index in [9.17, 15) is 0 Å². The molecule has 6 nitrogen and oxygen atoms in total. The van der Waals surface area contributed by atoms with Gasteiger partial charge in [-0.05, 0) is 30.7 Å². The van der Waals surface area contributed by atoms with Crippen molar-refractivity contribution in [1.82, 2.24) is 15.2 Å². The Hall–Kier alpha value is -2.37. The first-order chi connectivity index (χ1) is 10.2. The molecule has 0 spiro atoms. The fourth-order valence-corrected chi connectivity index (χ4v) is 1.85. The Morgan fingerprint density at radius 1 is 1.24 bits per heavy atom. The monoisotopic (exact) mass is 287 g/mol. The van der Waals surface area contributed by atoms with Crippen molar-refractivity contribution in [3.8, 4) is 5.75 Å². The van der Waals surface area contributed by atoms with E-state index in [0.717, 1.165) is 36.6 Å². The largest absolute Gasteiger partial charge is 0.497 e. The van der Waals surface area contributed by atoms with Crippen molar-refractivity contribution in [1.29, 1.82) is 0 Å². The van der Waals surface area contributed by atoms with E-state index in [1.54, 1.807) is 13.3 Å². The van der Waals surface area contributed by atoms with Crippen LogP contribution in [0, 0.1) is 0 Å². The van der Waals surface area contributed by atoms with E-state index >= 15 is 0 Å². The van der Waals surface area contributed by atoms with Gasteiger partial charge < -0.3 is 15.0 Å². The van der Waals surface area contributed by atoms with Gasteiger partial charge in [-0.25, -0.2) is 0 Å². The lowest BCUT2D eigenvalue weighted by Gasteiger charge is -2.17. The average Bonchev–Trinajstić information content (AvgIpc) is 2.53. The maximum absolute atomic E-state index is 5.13. The first-order valence-corrected chi connectivity index (χ1v) is 7.05. The highest BCUT2D eigenvalue weighted by Gasteiger charge is 2.05. The van der Waals surface area contributed by atoms with Crippen molar-refractivity contribution in [3.63, 3.8) is 0 Å². The van der Waals surface area contributed by atoms with E-state index < -0.39 is 0 Å². The number of rotatable bonds is 7. The van der Waals surface area contributed by atoms with Gasteiger partial charge in [0.1, 0.15) is 5.75 Å². The van der Waals surface area contributed by atoms with Gasteiger partial charge in [-0.15, -0.1) is 5.10 Å². The summed E-state index contributed by atoms with van der Waals surface area (Å²) < 4.78 is 5.13. The number of hydrogen-bond acceptors (Lipinski definition) is 6. The zero-order valence-electron chi connectivity index (χ0n) is 12.7. The van der Waals surface area contributed by atoms with Crippen LogP contribution in [-0.4, -0.2) is 35.9 Å². The van der Waals surface area contributed by atoms with Crippen LogP contribution in [0.15, 0.2) is 30.5 Å². The van der Waals surface area contributed by atoms with Crippen molar-refractivity contribution in [2.45, 2.75) is 19.8 Å². The lowest BCUT2D eigenvalue weighted by Crippen LogP contribution is -2.20. The molecule has 2 aromatic rings. The van der Waals surface area contributed by atoms with Gasteiger partial charge in [0.15, 0.2) is 5.82 Å². The summed E-state index contributed by atoms with van der Waals surface area (Å²) in [6.45, 7) is 3.12. The second kappa shape index (κ2) is 7.42. The van der Waals surface area contributed by atoms with Gasteiger partial charge in [-0.1, -0.05) is 13.3 Å². The van der Waals surface area contributed by atoms with Crippen LogP contribution in [0.25, 0.3) is 0 Å². The quantitative estimate of drug-likeness (QED) is 0.845. The third-order valence-electron chi connectivity index (χ3n) is 3.13. The molecule has 0 fully saturated rings. The van der Waals surface area contributed by atoms with Crippen LogP contribution in [0.5, 0.6) is 5.75 Å². The average molecular weight is 287 g/mol. The Labute approximate surface area is 125 Å². The maximum Gasteiger partial charge on any atom is 0.249 e. The van der Waals surface area contributed by atoms with Gasteiger partial charge in [0, 0.05) is 19.3 Å². The number of methoxy groups -OCH3 is 1. The number of aromatic nitrogens is 3. The summed E-state index contributed by atoms with van der Waals surface area (Å²) in [5, 5.41) is 11.2. The third kappa shape index (κ3) is 4.30. The van der Waals surface area contributed by atoms with E-state index in [-0.39, 0.29) is 0 Å². The molecule has 6 heteroatoms. The number of nitrogens with one attached hydrogen (secondary N) is 1. The first kappa shape index (κ1) is 15.0. The Bertz CT molecular complexity index is 558. The summed E-state index contributed by atoms with van der Waals surface area (Å²) in [7, 11) is 3.65. The van der Waals surface area contributed by atoms with Crippen LogP contribution in [0.1, 0.15) is 19.8 Å². The molecule has 0 atom stereocenters. The summed E-state index contributed by atoms with van der Waals surface area (Å²) >= 11 is 0. The van der Waals surface area contributed by atoms with Gasteiger partial charge in [-0.3, -0.25) is 0 Å². The predicted molar refractivity (Wildman–Crippen MR) is 84.3 cm³/mol. The molecule has 0 unspecified atom stereocenters. The van der Waals surface area contributed by atoms with Gasteiger partial charge in [0.25, 0.3) is 0 Å². The molecule has 0 aliphatic rings. The minimum atomic E-state index is 0.487. The molecular weight excluding hydrogens is 266 g/mol. The maximum atomic E-state index is 5.13. The highest BCUT2D eigenvalue weighted by molar-refractivity contribution is 5.55. The van der Waals surface area contributed by atoms with Crippen LogP contribution in [0.2, 0.25) is 0 Å². The molecule has 0 aliphatic carbocycles. The molecule has 1 aromatic carbocycles. The third-order valence-corrected chi connectivity index (χ3v) is 3.13. The molecule has 112 valence electrons. The smallest absolute Gasteiger partial charge is 0.249 e. The molecule has 1 heterocycles. The highest BCUT2D eigenvalue weighted by Crippen LogP contribution is 2.18. The summed E-state index contributed by atoms with van der Waals surface area (Å²) in [5.41, 5.74) is 0.894. The van der Waals surface area contributed by atoms with Crippen LogP contribution < -0.4 is 15.0 Å². The highest BCUT2D eigenvalue weighted by atomic mass is 16.5. The lowest BCUT2D eigenvalue weighted by atomic mass is 10.3. The lowest BCUT2D eigenvalue weighted by molar-refractivity contribution is 0.415. The number of ether oxygens (including phenoxy) is 1. The summed E-state index contributed by atoms with van der Waals surface area (Å²) in [4.78, 5) is 6.55. The predicted octanol–water partition coefficient (Wildman–Crippen LogP) is 2.86. The van der Waals surface area contributed by atoms with Crippen LogP contribution >= 0.6 is 0 Å². The molecule has 0 saturated carbocycles. The topological polar surface area (TPSA) is 63.2 Å². The molecule has 0 saturated heterocycles. The minimum Gasteiger partial charge on any atom is -0.497 e. The Morgan fingerprint density at radius 3 is 2.67 bits per heavy atom. The minimum absolute atomic E-state index is 0.487. The second-order valence-corrected chi connectivity index (χ2v) is 4.77. The Kier molecular flexibility index (Phi) is 5.31. The fourth-order valence-electron chi connectivity index (χ4n) is 1.85. The molecule has 21 heavy (non-hydrogen) atoms. The molecule has 0 aliphatic heterocycles. The number of benzene rings is 1. The number of nitrogens with zero attached hydrogens (tertiary/aromatic N) is 4. The van der Waals surface area contributed by atoms with E-state index in [4.69, 9.17) is 4.74 Å². The van der Waals surface area contributed by atoms with Gasteiger partial charge >= 0.3 is 0 Å². The van der Waals surface area contributed by atoms with E-state index in [0.29, 0.717) is 5.95 Å². The van der Waals surface area contributed by atoms with Crippen molar-refractivity contribution in [3.05, 3.63) is 30.5 Å². The Balaban J connectivity index is 2.06. The normalized spacial score (nSPS) is 10.2. The van der Waals surface area contributed by atoms with Crippen LogP contribution in [0.3, 0.4) is 0 Å². The zero-order valence-corrected chi connectivity index (χ0v) is 12.7. The second-order valence-electron chi connectivity index (χ2n) is 4.77. The molecule has 0 radical (unpaired) electrons. The summed E-state index contributed by atoms with van der Waals surface area (Å²) in [5.74, 6) is 2.11. The zero-order chi connectivity index (χ0) is 15.1. The summed E-state index contributed by atoms with van der Waals surface area (Å²) in [6, 6.07) is 7.59. The van der Waals surface area contributed by atoms with Crippen molar-refractivity contribution in [2.24, 2.45) is 0 Å².